The summed E-state index contributed by atoms with van der Waals surface area (Å²) in [5, 5.41) is 8.69. The van der Waals surface area contributed by atoms with Gasteiger partial charge in [0.05, 0.1) is 25.1 Å². The number of halogens is 2. The third-order valence-electron chi connectivity index (χ3n) is 4.85. The quantitative estimate of drug-likeness (QED) is 0.250. The minimum absolute atomic E-state index is 0.0305. The molecule has 1 aliphatic heterocycles. The van der Waals surface area contributed by atoms with Crippen molar-refractivity contribution in [1.29, 1.82) is 0 Å². The second-order valence-corrected chi connectivity index (χ2v) is 8.33. The number of carbonyl (C=O) groups is 3. The lowest BCUT2D eigenvalue weighted by Gasteiger charge is -2.12. The highest BCUT2D eigenvalue weighted by Crippen LogP contribution is 2.27. The first-order valence-corrected chi connectivity index (χ1v) is 11.4. The number of methoxy groups -OCH3 is 1. The van der Waals surface area contributed by atoms with E-state index in [4.69, 9.17) is 14.2 Å². The Morgan fingerprint density at radius 3 is 2.74 bits per heavy atom. The van der Waals surface area contributed by atoms with Crippen LogP contribution in [0, 0.1) is 5.82 Å². The van der Waals surface area contributed by atoms with Crippen molar-refractivity contribution in [2.75, 3.05) is 32.2 Å². The van der Waals surface area contributed by atoms with Gasteiger partial charge in [0.15, 0.2) is 18.1 Å². The summed E-state index contributed by atoms with van der Waals surface area (Å²) in [6, 6.07) is 8.98. The van der Waals surface area contributed by atoms with E-state index in [1.165, 1.54) is 25.5 Å². The molecule has 3 N–H and O–H groups in total. The maximum atomic E-state index is 13.9. The van der Waals surface area contributed by atoms with Crippen LogP contribution in [-0.2, 0) is 19.1 Å². The maximum absolute atomic E-state index is 13.9. The summed E-state index contributed by atoms with van der Waals surface area (Å²) < 4.78 is 30.5. The van der Waals surface area contributed by atoms with E-state index in [1.54, 1.807) is 24.3 Å². The van der Waals surface area contributed by atoms with Gasteiger partial charge in [0.1, 0.15) is 5.82 Å². The molecule has 2 aromatic carbocycles. The van der Waals surface area contributed by atoms with Crippen molar-refractivity contribution in [1.82, 2.24) is 10.7 Å². The lowest BCUT2D eigenvalue weighted by molar-refractivity contribution is -0.139. The lowest BCUT2D eigenvalue weighted by atomic mass is 10.2. The molecule has 3 amide bonds. The fourth-order valence-corrected chi connectivity index (χ4v) is 3.45. The number of rotatable bonds is 9. The number of nitrogens with zero attached hydrogens (tertiary/aromatic N) is 1. The van der Waals surface area contributed by atoms with Crippen molar-refractivity contribution < 1.29 is 33.0 Å². The zero-order valence-corrected chi connectivity index (χ0v) is 20.4. The molecule has 35 heavy (non-hydrogen) atoms. The van der Waals surface area contributed by atoms with Gasteiger partial charge in [0.2, 0.25) is 0 Å². The van der Waals surface area contributed by atoms with Crippen molar-refractivity contribution in [2.45, 2.75) is 18.9 Å². The van der Waals surface area contributed by atoms with Crippen molar-refractivity contribution in [3.63, 3.8) is 0 Å². The van der Waals surface area contributed by atoms with Gasteiger partial charge in [-0.1, -0.05) is 15.9 Å². The third-order valence-corrected chi connectivity index (χ3v) is 5.35. The van der Waals surface area contributed by atoms with Gasteiger partial charge >= 0.3 is 11.8 Å². The molecule has 0 saturated carbocycles. The molecule has 12 heteroatoms. The van der Waals surface area contributed by atoms with Crippen LogP contribution in [0.15, 0.2) is 46.0 Å². The van der Waals surface area contributed by atoms with E-state index < -0.39 is 23.5 Å². The predicted octanol–water partition coefficient (Wildman–Crippen LogP) is 2.36. The summed E-state index contributed by atoms with van der Waals surface area (Å²) in [4.78, 5) is 35.8. The van der Waals surface area contributed by atoms with Crippen LogP contribution in [0.4, 0.5) is 10.1 Å². The van der Waals surface area contributed by atoms with Crippen LogP contribution in [0.5, 0.6) is 11.5 Å². The van der Waals surface area contributed by atoms with Gasteiger partial charge in [0, 0.05) is 17.6 Å². The smallest absolute Gasteiger partial charge is 0.329 e. The number of anilines is 1. The van der Waals surface area contributed by atoms with Gasteiger partial charge in [0.25, 0.3) is 5.91 Å². The number of carbonyl (C=O) groups excluding carboxylic acids is 3. The molecule has 186 valence electrons. The molecule has 0 radical (unpaired) electrons. The Kier molecular flexibility index (Phi) is 9.56. The topological polar surface area (TPSA) is 127 Å². The summed E-state index contributed by atoms with van der Waals surface area (Å²) in [6.45, 7) is 0.546. The summed E-state index contributed by atoms with van der Waals surface area (Å²) in [6.07, 6.45) is 3.02. The summed E-state index contributed by atoms with van der Waals surface area (Å²) in [5.74, 6) is -2.27. The van der Waals surface area contributed by atoms with Crippen molar-refractivity contribution in [2.24, 2.45) is 5.10 Å². The first-order valence-electron chi connectivity index (χ1n) is 10.6. The normalized spacial score (nSPS) is 15.0. The molecule has 0 spiro atoms. The molecule has 1 saturated heterocycles. The van der Waals surface area contributed by atoms with Crippen LogP contribution in [0.2, 0.25) is 0 Å². The Bertz CT molecular complexity index is 1110. The Balaban J connectivity index is 1.48. The molecule has 0 unspecified atom stereocenters. The van der Waals surface area contributed by atoms with Crippen LogP contribution < -0.4 is 25.5 Å². The van der Waals surface area contributed by atoms with E-state index in [0.717, 1.165) is 12.8 Å². The van der Waals surface area contributed by atoms with E-state index in [2.05, 4.69) is 37.1 Å². The summed E-state index contributed by atoms with van der Waals surface area (Å²) in [7, 11) is 1.42. The van der Waals surface area contributed by atoms with Gasteiger partial charge in [-0.2, -0.15) is 5.10 Å². The summed E-state index contributed by atoms with van der Waals surface area (Å²) >= 11 is 3.15. The van der Waals surface area contributed by atoms with Crippen LogP contribution >= 0.6 is 15.9 Å². The second kappa shape index (κ2) is 12.8. The highest BCUT2D eigenvalue weighted by molar-refractivity contribution is 9.10. The molecule has 0 aromatic heterocycles. The van der Waals surface area contributed by atoms with Crippen molar-refractivity contribution in [3.8, 4) is 11.5 Å². The number of hydrogen-bond acceptors (Lipinski definition) is 7. The van der Waals surface area contributed by atoms with Crippen LogP contribution in [-0.4, -0.2) is 56.9 Å². The van der Waals surface area contributed by atoms with E-state index >= 15 is 0 Å². The Hall–Kier alpha value is -3.51. The lowest BCUT2D eigenvalue weighted by Crippen LogP contribution is -2.41. The fraction of sp³-hybridized carbons (Fsp3) is 0.304. The standard InChI is InChI=1S/C23H24BrFN4O6/c1-33-20-9-14(11-27-29-23(32)22(31)26-12-16-3-2-8-34-16)4-7-19(20)35-13-21(30)28-18-6-5-15(24)10-17(18)25/h4-7,9-11,16H,2-3,8,12-13H2,1H3,(H,26,31)(H,28,30)(H,29,32)/b27-11-/t16-/m1/s1. The number of benzene rings is 2. The third kappa shape index (κ3) is 8.04. The minimum atomic E-state index is -0.903. The van der Waals surface area contributed by atoms with Crippen LogP contribution in [0.25, 0.3) is 0 Å². The molecule has 1 heterocycles. The first-order chi connectivity index (χ1) is 16.9. The monoisotopic (exact) mass is 550 g/mol. The number of nitrogens with one attached hydrogen (secondary N) is 3. The molecular weight excluding hydrogens is 527 g/mol. The van der Waals surface area contributed by atoms with E-state index in [0.29, 0.717) is 22.4 Å². The number of hydrazone groups is 1. The summed E-state index contributed by atoms with van der Waals surface area (Å²) in [5.41, 5.74) is 2.72. The number of ether oxygens (including phenoxy) is 3. The Morgan fingerprint density at radius 1 is 1.20 bits per heavy atom. The molecule has 10 nitrogen and oxygen atoms in total. The fourth-order valence-electron chi connectivity index (χ4n) is 3.11. The molecule has 1 aliphatic rings. The second-order valence-electron chi connectivity index (χ2n) is 7.42. The molecule has 0 bridgehead atoms. The first kappa shape index (κ1) is 26.1. The number of amides is 3. The van der Waals surface area contributed by atoms with Crippen molar-refractivity contribution in [3.05, 3.63) is 52.3 Å². The van der Waals surface area contributed by atoms with Gasteiger partial charge in [-0.15, -0.1) is 0 Å². The van der Waals surface area contributed by atoms with Gasteiger partial charge in [-0.3, -0.25) is 14.4 Å². The van der Waals surface area contributed by atoms with E-state index in [9.17, 15) is 18.8 Å². The van der Waals surface area contributed by atoms with E-state index in [-0.39, 0.29) is 30.7 Å². The molecule has 3 rings (SSSR count). The average Bonchev–Trinajstić information content (AvgIpc) is 3.37. The van der Waals surface area contributed by atoms with Gasteiger partial charge in [-0.05, 0) is 54.8 Å². The zero-order valence-electron chi connectivity index (χ0n) is 18.8. The average molecular weight is 551 g/mol. The molecule has 0 aliphatic carbocycles. The number of hydrogen-bond donors (Lipinski definition) is 3. The van der Waals surface area contributed by atoms with Crippen LogP contribution in [0.3, 0.4) is 0 Å². The molecule has 2 aromatic rings. The zero-order chi connectivity index (χ0) is 25.2. The molecule has 1 fully saturated rings. The SMILES string of the molecule is COc1cc(/C=N\NC(=O)C(=O)NC[C@H]2CCCO2)ccc1OCC(=O)Nc1ccc(Br)cc1F. The van der Waals surface area contributed by atoms with Crippen molar-refractivity contribution >= 4 is 45.6 Å². The highest BCUT2D eigenvalue weighted by Gasteiger charge is 2.19. The van der Waals surface area contributed by atoms with Gasteiger partial charge < -0.3 is 24.8 Å². The maximum Gasteiger partial charge on any atom is 0.329 e. The van der Waals surface area contributed by atoms with Gasteiger partial charge in [-0.25, -0.2) is 9.82 Å². The Morgan fingerprint density at radius 2 is 2.03 bits per heavy atom. The highest BCUT2D eigenvalue weighted by atomic mass is 79.9. The van der Waals surface area contributed by atoms with Crippen LogP contribution in [0.1, 0.15) is 18.4 Å². The largest absolute Gasteiger partial charge is 0.493 e. The minimum Gasteiger partial charge on any atom is -0.493 e. The predicted molar refractivity (Wildman–Crippen MR) is 129 cm³/mol. The molecule has 1 atom stereocenters. The molecular formula is C23H24BrFN4O6. The Labute approximate surface area is 209 Å². The van der Waals surface area contributed by atoms with E-state index in [1.807, 2.05) is 0 Å².